The molecule has 6 N–H and O–H groups in total. The van der Waals surface area contributed by atoms with E-state index in [1.165, 1.54) is 0 Å². The van der Waals surface area contributed by atoms with Crippen molar-refractivity contribution < 1.29 is 18.7 Å². The molecule has 0 aromatic carbocycles. The number of carbonyl (C=O) groups is 2. The molecule has 12 heteroatoms. The summed E-state index contributed by atoms with van der Waals surface area (Å²) >= 11 is 0. The van der Waals surface area contributed by atoms with Crippen molar-refractivity contribution in [3.05, 3.63) is 0 Å². The number of rotatable bonds is 5. The molecule has 0 aromatic heterocycles. The SMILES string of the molecule is COC1CN(C(=O)C2CCN(C3CCNCC3NC(=O)C3C(N)NN4CC(F)CNC34)CC2)C1. The second-order valence-electron chi connectivity index (χ2n) is 10.4. The standard InChI is InChI=1S/C22H39FN8O3/c1-34-15-11-30(12-15)22(33)13-3-6-29(7-4-13)17-2-5-25-9-16(17)27-21(32)18-19(24)28-31-10-14(23)8-26-20(18)31/h13-20,25-26,28H,2-12,24H2,1H3,(H,27,32). The topological polar surface area (TPSA) is 127 Å². The lowest BCUT2D eigenvalue weighted by Crippen LogP contribution is -2.64. The molecule has 11 nitrogen and oxygen atoms in total. The fraction of sp³-hybridized carbons (Fsp3) is 0.909. The summed E-state index contributed by atoms with van der Waals surface area (Å²) in [6.45, 7) is 5.17. The van der Waals surface area contributed by atoms with Crippen LogP contribution in [0.2, 0.25) is 0 Å². The Morgan fingerprint density at radius 2 is 1.88 bits per heavy atom. The molecule has 5 heterocycles. The highest BCUT2D eigenvalue weighted by molar-refractivity contribution is 5.81. The zero-order valence-electron chi connectivity index (χ0n) is 19.9. The van der Waals surface area contributed by atoms with Crippen LogP contribution in [-0.2, 0) is 14.3 Å². The minimum atomic E-state index is -0.984. The van der Waals surface area contributed by atoms with E-state index < -0.39 is 18.3 Å². The van der Waals surface area contributed by atoms with Gasteiger partial charge in [0.2, 0.25) is 11.8 Å². The lowest BCUT2D eigenvalue weighted by molar-refractivity contribution is -0.149. The largest absolute Gasteiger partial charge is 0.378 e. The van der Waals surface area contributed by atoms with Crippen LogP contribution < -0.4 is 27.1 Å². The Labute approximate surface area is 200 Å². The van der Waals surface area contributed by atoms with Gasteiger partial charge in [0.25, 0.3) is 0 Å². The predicted octanol–water partition coefficient (Wildman–Crippen LogP) is -2.61. The van der Waals surface area contributed by atoms with Gasteiger partial charge in [-0.05, 0) is 38.9 Å². The van der Waals surface area contributed by atoms with Gasteiger partial charge in [-0.3, -0.25) is 19.8 Å². The zero-order chi connectivity index (χ0) is 23.8. The van der Waals surface area contributed by atoms with Gasteiger partial charge in [-0.25, -0.2) is 14.8 Å². The molecule has 0 bridgehead atoms. The third-order valence-corrected chi connectivity index (χ3v) is 8.24. The Kier molecular flexibility index (Phi) is 7.35. The maximum atomic E-state index is 13.8. The first-order valence-corrected chi connectivity index (χ1v) is 12.7. The number of hydrazine groups is 1. The Hall–Kier alpha value is -1.41. The first-order valence-electron chi connectivity index (χ1n) is 12.7. The number of fused-ring (bicyclic) bond motifs is 1. The molecular formula is C22H39FN8O3. The molecule has 0 aromatic rings. The van der Waals surface area contributed by atoms with E-state index >= 15 is 0 Å². The van der Waals surface area contributed by atoms with Crippen LogP contribution in [0.3, 0.4) is 0 Å². The number of nitrogens with two attached hydrogens (primary N) is 1. The number of likely N-dealkylation sites (tertiary alicyclic amines) is 2. The van der Waals surface area contributed by atoms with Gasteiger partial charge in [0.15, 0.2) is 0 Å². The minimum absolute atomic E-state index is 0.0369. The van der Waals surface area contributed by atoms with E-state index in [1.807, 2.05) is 4.90 Å². The molecule has 34 heavy (non-hydrogen) atoms. The monoisotopic (exact) mass is 482 g/mol. The third kappa shape index (κ3) is 4.81. The first-order chi connectivity index (χ1) is 16.4. The van der Waals surface area contributed by atoms with Crippen LogP contribution in [-0.4, -0.2) is 123 Å². The summed E-state index contributed by atoms with van der Waals surface area (Å²) in [6.07, 6.45) is 0.970. The number of nitrogens with one attached hydrogen (secondary N) is 4. The van der Waals surface area contributed by atoms with Crippen molar-refractivity contribution in [2.24, 2.45) is 17.6 Å². The smallest absolute Gasteiger partial charge is 0.229 e. The number of hydrogen-bond acceptors (Lipinski definition) is 9. The highest BCUT2D eigenvalue weighted by Crippen LogP contribution is 2.27. The summed E-state index contributed by atoms with van der Waals surface area (Å²) in [6, 6.07) is 0.185. The summed E-state index contributed by atoms with van der Waals surface area (Å²) in [7, 11) is 1.69. The number of amides is 2. The number of piperidine rings is 2. The molecule has 5 aliphatic heterocycles. The molecule has 192 valence electrons. The molecule has 2 amide bonds. The van der Waals surface area contributed by atoms with E-state index in [9.17, 15) is 14.0 Å². The van der Waals surface area contributed by atoms with Crippen LogP contribution in [0.1, 0.15) is 19.3 Å². The van der Waals surface area contributed by atoms with E-state index in [4.69, 9.17) is 10.5 Å². The maximum absolute atomic E-state index is 13.8. The van der Waals surface area contributed by atoms with Gasteiger partial charge >= 0.3 is 0 Å². The first kappa shape index (κ1) is 24.3. The highest BCUT2D eigenvalue weighted by Gasteiger charge is 2.48. The van der Waals surface area contributed by atoms with Crippen LogP contribution in [0.4, 0.5) is 4.39 Å². The molecule has 0 saturated carbocycles. The molecule has 5 rings (SSSR count). The molecule has 6 unspecified atom stereocenters. The Morgan fingerprint density at radius 3 is 2.62 bits per heavy atom. The normalized spacial score (nSPS) is 38.4. The van der Waals surface area contributed by atoms with Gasteiger partial charge in [0.1, 0.15) is 6.17 Å². The average Bonchev–Trinajstić information content (AvgIpc) is 3.13. The van der Waals surface area contributed by atoms with E-state index in [0.29, 0.717) is 19.6 Å². The van der Waals surface area contributed by atoms with Crippen molar-refractivity contribution in [3.8, 4) is 0 Å². The molecule has 0 aliphatic carbocycles. The van der Waals surface area contributed by atoms with Gasteiger partial charge < -0.3 is 26.0 Å². The second kappa shape index (κ2) is 10.3. The molecule has 5 fully saturated rings. The van der Waals surface area contributed by atoms with Gasteiger partial charge in [-0.1, -0.05) is 0 Å². The number of nitrogens with zero attached hydrogens (tertiary/aromatic N) is 3. The predicted molar refractivity (Wildman–Crippen MR) is 123 cm³/mol. The lowest BCUT2D eigenvalue weighted by Gasteiger charge is -2.45. The Bertz CT molecular complexity index is 748. The fourth-order valence-corrected chi connectivity index (χ4v) is 6.19. The van der Waals surface area contributed by atoms with E-state index in [0.717, 1.165) is 38.9 Å². The minimum Gasteiger partial charge on any atom is -0.378 e. The van der Waals surface area contributed by atoms with E-state index in [-0.39, 0.29) is 55.2 Å². The number of carbonyl (C=O) groups excluding carboxylic acids is 2. The van der Waals surface area contributed by atoms with Crippen LogP contribution in [0.5, 0.6) is 0 Å². The summed E-state index contributed by atoms with van der Waals surface area (Å²) in [4.78, 5) is 30.4. The van der Waals surface area contributed by atoms with Crippen molar-refractivity contribution in [3.63, 3.8) is 0 Å². The fourth-order valence-electron chi connectivity index (χ4n) is 6.19. The summed E-state index contributed by atoms with van der Waals surface area (Å²) in [5.74, 6) is -0.266. The van der Waals surface area contributed by atoms with Gasteiger partial charge in [0.05, 0.1) is 30.4 Å². The highest BCUT2D eigenvalue weighted by atomic mass is 19.1. The van der Waals surface area contributed by atoms with Gasteiger partial charge in [0, 0.05) is 51.8 Å². The Morgan fingerprint density at radius 1 is 1.12 bits per heavy atom. The van der Waals surface area contributed by atoms with Crippen LogP contribution in [0.25, 0.3) is 0 Å². The average molecular weight is 483 g/mol. The molecule has 0 spiro atoms. The lowest BCUT2D eigenvalue weighted by atomic mass is 9.90. The zero-order valence-corrected chi connectivity index (χ0v) is 19.9. The van der Waals surface area contributed by atoms with Gasteiger partial charge in [-0.15, -0.1) is 0 Å². The molecule has 5 saturated heterocycles. The number of ether oxygens (including phenoxy) is 1. The van der Waals surface area contributed by atoms with Gasteiger partial charge in [-0.2, -0.15) is 0 Å². The molecule has 6 atom stereocenters. The van der Waals surface area contributed by atoms with Crippen molar-refractivity contribution in [1.82, 2.24) is 36.2 Å². The molecule has 0 radical (unpaired) electrons. The number of halogens is 1. The van der Waals surface area contributed by atoms with Crippen molar-refractivity contribution in [1.29, 1.82) is 0 Å². The summed E-state index contributed by atoms with van der Waals surface area (Å²) < 4.78 is 19.1. The molecular weight excluding hydrogens is 443 g/mol. The summed E-state index contributed by atoms with van der Waals surface area (Å²) in [5.41, 5.74) is 9.27. The third-order valence-electron chi connectivity index (χ3n) is 8.24. The number of methoxy groups -OCH3 is 1. The van der Waals surface area contributed by atoms with Crippen molar-refractivity contribution >= 4 is 11.8 Å². The Balaban J connectivity index is 1.15. The van der Waals surface area contributed by atoms with Crippen LogP contribution in [0, 0.1) is 11.8 Å². The molecule has 5 aliphatic rings. The quantitative estimate of drug-likeness (QED) is 0.286. The maximum Gasteiger partial charge on any atom is 0.229 e. The summed E-state index contributed by atoms with van der Waals surface area (Å²) in [5, 5.41) is 11.5. The van der Waals surface area contributed by atoms with E-state index in [1.54, 1.807) is 12.1 Å². The van der Waals surface area contributed by atoms with Crippen LogP contribution >= 0.6 is 0 Å². The second-order valence-corrected chi connectivity index (χ2v) is 10.4. The van der Waals surface area contributed by atoms with Crippen LogP contribution in [0.15, 0.2) is 0 Å². The number of hydrogen-bond donors (Lipinski definition) is 5. The van der Waals surface area contributed by atoms with E-state index in [2.05, 4.69) is 26.3 Å². The number of alkyl halides is 1. The van der Waals surface area contributed by atoms with Crippen molar-refractivity contribution in [2.75, 3.05) is 59.5 Å². The van der Waals surface area contributed by atoms with Crippen molar-refractivity contribution in [2.45, 2.75) is 56.0 Å².